The average molecular weight is 300 g/mol. The summed E-state index contributed by atoms with van der Waals surface area (Å²) in [6, 6.07) is -1.44. The molecule has 0 aromatic heterocycles. The molecule has 1 saturated heterocycles. The fourth-order valence-electron chi connectivity index (χ4n) is 2.38. The van der Waals surface area contributed by atoms with Gasteiger partial charge in [-0.15, -0.1) is 0 Å². The lowest BCUT2D eigenvalue weighted by Crippen LogP contribution is -2.55. The summed E-state index contributed by atoms with van der Waals surface area (Å²) in [5, 5.41) is 11.8. The molecule has 21 heavy (non-hydrogen) atoms. The molecule has 7 heteroatoms. The Balaban J connectivity index is 2.70. The van der Waals surface area contributed by atoms with Gasteiger partial charge in [-0.05, 0) is 18.3 Å². The van der Waals surface area contributed by atoms with Crippen LogP contribution in [0.1, 0.15) is 33.6 Å². The second kappa shape index (κ2) is 6.78. The number of ether oxygens (including phenoxy) is 1. The van der Waals surface area contributed by atoms with Gasteiger partial charge in [0, 0.05) is 13.1 Å². The highest BCUT2D eigenvalue weighted by Crippen LogP contribution is 2.21. The number of carbonyl (C=O) groups excluding carboxylic acids is 2. The Morgan fingerprint density at radius 1 is 1.33 bits per heavy atom. The Labute approximate surface area is 124 Å². The van der Waals surface area contributed by atoms with Crippen LogP contribution in [0.3, 0.4) is 0 Å². The van der Waals surface area contributed by atoms with Crippen molar-refractivity contribution >= 4 is 18.0 Å². The van der Waals surface area contributed by atoms with Gasteiger partial charge in [-0.1, -0.05) is 20.8 Å². The van der Waals surface area contributed by atoms with Crippen LogP contribution < -0.4 is 5.32 Å². The number of methoxy groups -OCH3 is 1. The number of nitrogens with one attached hydrogen (secondary N) is 1. The summed E-state index contributed by atoms with van der Waals surface area (Å²) in [4.78, 5) is 36.5. The summed E-state index contributed by atoms with van der Waals surface area (Å²) in [5.74, 6) is -1.75. The van der Waals surface area contributed by atoms with Crippen LogP contribution in [0.5, 0.6) is 0 Å². The van der Waals surface area contributed by atoms with Gasteiger partial charge < -0.3 is 20.1 Å². The standard InChI is InChI=1S/C14H24N2O5/c1-14(2,3)10(11(17)18)15-13(20)16-7-5-6-9(8-16)12(19)21-4/h9-10H,5-8H2,1-4H3,(H,15,20)(H,17,18)/t9?,10-/m0/s1. The molecule has 0 spiro atoms. The smallest absolute Gasteiger partial charge is 0.326 e. The minimum Gasteiger partial charge on any atom is -0.480 e. The third-order valence-corrected chi connectivity index (χ3v) is 3.62. The van der Waals surface area contributed by atoms with Gasteiger partial charge in [0.15, 0.2) is 0 Å². The van der Waals surface area contributed by atoms with Crippen molar-refractivity contribution in [3.63, 3.8) is 0 Å². The van der Waals surface area contributed by atoms with Crippen molar-refractivity contribution in [1.82, 2.24) is 10.2 Å². The molecule has 1 rings (SSSR count). The minimum absolute atomic E-state index is 0.259. The highest BCUT2D eigenvalue weighted by molar-refractivity contribution is 5.83. The van der Waals surface area contributed by atoms with Crippen molar-refractivity contribution < 1.29 is 24.2 Å². The number of urea groups is 1. The number of aliphatic carboxylic acids is 1. The molecule has 1 fully saturated rings. The van der Waals surface area contributed by atoms with Crippen molar-refractivity contribution in [2.24, 2.45) is 11.3 Å². The molecule has 0 aliphatic carbocycles. The fraction of sp³-hybridized carbons (Fsp3) is 0.786. The second-order valence-electron chi connectivity index (χ2n) is 6.40. The van der Waals surface area contributed by atoms with Gasteiger partial charge in [-0.2, -0.15) is 0 Å². The number of nitrogens with zero attached hydrogens (tertiary/aromatic N) is 1. The molecule has 0 saturated carbocycles. The van der Waals surface area contributed by atoms with Crippen LogP contribution in [0.2, 0.25) is 0 Å². The molecule has 0 aromatic carbocycles. The number of amides is 2. The van der Waals surface area contributed by atoms with Crippen LogP contribution in [0.15, 0.2) is 0 Å². The van der Waals surface area contributed by atoms with Crippen molar-refractivity contribution in [2.45, 2.75) is 39.7 Å². The summed E-state index contributed by atoms with van der Waals surface area (Å²) >= 11 is 0. The number of rotatable bonds is 3. The first kappa shape index (κ1) is 17.3. The number of carboxylic acid groups (broad SMARTS) is 1. The largest absolute Gasteiger partial charge is 0.480 e. The zero-order chi connectivity index (χ0) is 16.2. The predicted octanol–water partition coefficient (Wildman–Crippen LogP) is 1.08. The summed E-state index contributed by atoms with van der Waals surface area (Å²) in [5.41, 5.74) is -0.598. The topological polar surface area (TPSA) is 95.9 Å². The van der Waals surface area contributed by atoms with Crippen molar-refractivity contribution in [3.05, 3.63) is 0 Å². The number of hydrogen-bond acceptors (Lipinski definition) is 4. The zero-order valence-electron chi connectivity index (χ0n) is 13.0. The number of hydrogen-bond donors (Lipinski definition) is 2. The van der Waals surface area contributed by atoms with Crippen molar-refractivity contribution in [2.75, 3.05) is 20.2 Å². The SMILES string of the molecule is COC(=O)C1CCCN(C(=O)N[C@@H](C(=O)O)C(C)(C)C)C1. The quantitative estimate of drug-likeness (QED) is 0.760. The number of esters is 1. The molecule has 7 nitrogen and oxygen atoms in total. The molecular formula is C14H24N2O5. The second-order valence-corrected chi connectivity index (χ2v) is 6.40. The maximum Gasteiger partial charge on any atom is 0.326 e. The molecule has 2 N–H and O–H groups in total. The van der Waals surface area contributed by atoms with Crippen LogP contribution >= 0.6 is 0 Å². The van der Waals surface area contributed by atoms with E-state index in [4.69, 9.17) is 4.74 Å². The van der Waals surface area contributed by atoms with Crippen LogP contribution in [-0.2, 0) is 14.3 Å². The number of carbonyl (C=O) groups is 3. The number of likely N-dealkylation sites (tertiary alicyclic amines) is 1. The van der Waals surface area contributed by atoms with Gasteiger partial charge in [0.1, 0.15) is 6.04 Å². The Morgan fingerprint density at radius 3 is 2.43 bits per heavy atom. The third kappa shape index (κ3) is 4.61. The van der Waals surface area contributed by atoms with Gasteiger partial charge >= 0.3 is 18.0 Å². The Morgan fingerprint density at radius 2 is 1.95 bits per heavy atom. The van der Waals surface area contributed by atoms with Gasteiger partial charge in [0.25, 0.3) is 0 Å². The molecule has 2 atom stereocenters. The van der Waals surface area contributed by atoms with Crippen LogP contribution in [0.4, 0.5) is 4.79 Å². The first-order valence-corrected chi connectivity index (χ1v) is 7.03. The molecule has 120 valence electrons. The van der Waals surface area contributed by atoms with Crippen LogP contribution in [0.25, 0.3) is 0 Å². The van der Waals surface area contributed by atoms with E-state index in [9.17, 15) is 19.5 Å². The monoisotopic (exact) mass is 300 g/mol. The van der Waals surface area contributed by atoms with E-state index in [2.05, 4.69) is 5.32 Å². The lowest BCUT2D eigenvalue weighted by molar-refractivity contribution is -0.147. The molecule has 2 amide bonds. The molecule has 1 heterocycles. The van der Waals surface area contributed by atoms with E-state index < -0.39 is 23.5 Å². The van der Waals surface area contributed by atoms with E-state index in [1.807, 2.05) is 0 Å². The Hall–Kier alpha value is -1.79. The van der Waals surface area contributed by atoms with Crippen molar-refractivity contribution in [3.8, 4) is 0 Å². The lowest BCUT2D eigenvalue weighted by atomic mass is 9.87. The van der Waals surface area contributed by atoms with Gasteiger partial charge in [0.2, 0.25) is 0 Å². The zero-order valence-corrected chi connectivity index (χ0v) is 13.0. The Bertz CT molecular complexity index is 416. The molecule has 0 bridgehead atoms. The predicted molar refractivity (Wildman–Crippen MR) is 75.7 cm³/mol. The van der Waals surface area contributed by atoms with Crippen molar-refractivity contribution in [1.29, 1.82) is 0 Å². The van der Waals surface area contributed by atoms with E-state index in [1.165, 1.54) is 12.0 Å². The van der Waals surface area contributed by atoms with Gasteiger partial charge in [-0.3, -0.25) is 4.79 Å². The first-order valence-electron chi connectivity index (χ1n) is 7.03. The van der Waals surface area contributed by atoms with Gasteiger partial charge in [0.05, 0.1) is 13.0 Å². The number of carboxylic acids is 1. The van der Waals surface area contributed by atoms with E-state index in [0.29, 0.717) is 19.4 Å². The summed E-state index contributed by atoms with van der Waals surface area (Å²) in [7, 11) is 1.32. The average Bonchev–Trinajstić information content (AvgIpc) is 2.42. The van der Waals surface area contributed by atoms with E-state index >= 15 is 0 Å². The van der Waals surface area contributed by atoms with E-state index in [1.54, 1.807) is 20.8 Å². The summed E-state index contributed by atoms with van der Waals surface area (Å²) in [6.45, 7) is 6.02. The highest BCUT2D eigenvalue weighted by Gasteiger charge is 2.35. The molecule has 1 aliphatic rings. The van der Waals surface area contributed by atoms with E-state index in [-0.39, 0.29) is 18.4 Å². The maximum absolute atomic E-state index is 12.2. The molecule has 0 aromatic rings. The fourth-order valence-corrected chi connectivity index (χ4v) is 2.38. The van der Waals surface area contributed by atoms with Crippen LogP contribution in [-0.4, -0.2) is 54.2 Å². The molecule has 1 unspecified atom stereocenters. The lowest BCUT2D eigenvalue weighted by Gasteiger charge is -2.34. The highest BCUT2D eigenvalue weighted by atomic mass is 16.5. The maximum atomic E-state index is 12.2. The Kier molecular flexibility index (Phi) is 5.57. The summed E-state index contributed by atoms with van der Waals surface area (Å²) < 4.78 is 4.70. The molecule has 1 aliphatic heterocycles. The van der Waals surface area contributed by atoms with Crippen LogP contribution in [0, 0.1) is 11.3 Å². The first-order chi connectivity index (χ1) is 9.66. The third-order valence-electron chi connectivity index (χ3n) is 3.62. The summed E-state index contributed by atoms with van der Waals surface area (Å²) in [6.07, 6.45) is 1.37. The number of piperidine rings is 1. The normalized spacial score (nSPS) is 20.6. The molecule has 0 radical (unpaired) electrons. The van der Waals surface area contributed by atoms with E-state index in [0.717, 1.165) is 0 Å². The van der Waals surface area contributed by atoms with Gasteiger partial charge in [-0.25, -0.2) is 9.59 Å². The minimum atomic E-state index is -1.07. The molecular weight excluding hydrogens is 276 g/mol.